The van der Waals surface area contributed by atoms with Gasteiger partial charge in [0.15, 0.2) is 17.7 Å². The van der Waals surface area contributed by atoms with Gasteiger partial charge in [0.05, 0.1) is 0 Å². The van der Waals surface area contributed by atoms with Crippen LogP contribution in [0.1, 0.15) is 13.8 Å². The van der Waals surface area contributed by atoms with Crippen molar-refractivity contribution < 1.29 is 23.1 Å². The predicted molar refractivity (Wildman–Crippen MR) is 85.8 cm³/mol. The SMILES string of the molecule is CC(=O)Nc1cccc(NC(=O)C(C)Oc2ccc(F)c(F)c2)c1. The summed E-state index contributed by atoms with van der Waals surface area (Å²) >= 11 is 0. The standard InChI is InChI=1S/C17H16F2N2O3/c1-10(24-14-6-7-15(18)16(19)9-14)17(23)21-13-5-3-4-12(8-13)20-11(2)22/h3-10H,1-2H3,(H,20,22)(H,21,23). The zero-order valence-electron chi connectivity index (χ0n) is 13.1. The van der Waals surface area contributed by atoms with E-state index in [0.29, 0.717) is 11.4 Å². The lowest BCUT2D eigenvalue weighted by atomic mass is 10.2. The van der Waals surface area contributed by atoms with Gasteiger partial charge in [-0.3, -0.25) is 9.59 Å². The molecule has 0 bridgehead atoms. The van der Waals surface area contributed by atoms with Gasteiger partial charge in [-0.05, 0) is 37.3 Å². The summed E-state index contributed by atoms with van der Waals surface area (Å²) in [6.45, 7) is 2.86. The van der Waals surface area contributed by atoms with E-state index in [9.17, 15) is 18.4 Å². The number of hydrogen-bond acceptors (Lipinski definition) is 3. The van der Waals surface area contributed by atoms with Gasteiger partial charge in [-0.2, -0.15) is 0 Å². The predicted octanol–water partition coefficient (Wildman–Crippen LogP) is 3.33. The molecule has 2 amide bonds. The number of carbonyl (C=O) groups excluding carboxylic acids is 2. The summed E-state index contributed by atoms with van der Waals surface area (Å²) in [5, 5.41) is 5.22. The van der Waals surface area contributed by atoms with E-state index in [1.165, 1.54) is 19.9 Å². The Morgan fingerprint density at radius 3 is 2.29 bits per heavy atom. The second kappa shape index (κ2) is 7.54. The molecule has 7 heteroatoms. The van der Waals surface area contributed by atoms with Crippen molar-refractivity contribution in [3.05, 3.63) is 54.1 Å². The number of ether oxygens (including phenoxy) is 1. The summed E-state index contributed by atoms with van der Waals surface area (Å²) in [7, 11) is 0. The molecule has 0 saturated carbocycles. The first kappa shape index (κ1) is 17.4. The van der Waals surface area contributed by atoms with E-state index < -0.39 is 23.6 Å². The Kier molecular flexibility index (Phi) is 5.47. The summed E-state index contributed by atoms with van der Waals surface area (Å²) in [4.78, 5) is 23.1. The van der Waals surface area contributed by atoms with Crippen LogP contribution in [0.3, 0.4) is 0 Å². The van der Waals surface area contributed by atoms with E-state index in [4.69, 9.17) is 4.74 Å². The molecule has 2 N–H and O–H groups in total. The maximum Gasteiger partial charge on any atom is 0.265 e. The molecule has 2 aromatic rings. The Morgan fingerprint density at radius 1 is 1.00 bits per heavy atom. The van der Waals surface area contributed by atoms with E-state index in [-0.39, 0.29) is 11.7 Å². The second-order valence-corrected chi connectivity index (χ2v) is 5.09. The molecule has 0 aliphatic carbocycles. The Hall–Kier alpha value is -2.96. The van der Waals surface area contributed by atoms with Crippen LogP contribution in [0.4, 0.5) is 20.2 Å². The fourth-order valence-electron chi connectivity index (χ4n) is 1.93. The molecule has 0 aromatic heterocycles. The summed E-state index contributed by atoms with van der Waals surface area (Å²) in [6.07, 6.45) is -0.931. The first-order valence-corrected chi connectivity index (χ1v) is 7.15. The quantitative estimate of drug-likeness (QED) is 0.881. The molecule has 0 heterocycles. The van der Waals surface area contributed by atoms with Crippen molar-refractivity contribution in [2.75, 3.05) is 10.6 Å². The largest absolute Gasteiger partial charge is 0.481 e. The maximum absolute atomic E-state index is 13.1. The number of hydrogen-bond donors (Lipinski definition) is 2. The summed E-state index contributed by atoms with van der Waals surface area (Å²) in [5.74, 6) is -2.70. The minimum Gasteiger partial charge on any atom is -0.481 e. The fraction of sp³-hybridized carbons (Fsp3) is 0.176. The smallest absolute Gasteiger partial charge is 0.265 e. The lowest BCUT2D eigenvalue weighted by molar-refractivity contribution is -0.122. The average Bonchev–Trinajstić information content (AvgIpc) is 2.50. The number of carbonyl (C=O) groups is 2. The third-order valence-corrected chi connectivity index (χ3v) is 3.02. The van der Waals surface area contributed by atoms with Gasteiger partial charge in [-0.25, -0.2) is 8.78 Å². The van der Waals surface area contributed by atoms with Gasteiger partial charge < -0.3 is 15.4 Å². The van der Waals surface area contributed by atoms with Crippen LogP contribution in [0, 0.1) is 11.6 Å². The zero-order chi connectivity index (χ0) is 17.7. The van der Waals surface area contributed by atoms with Gasteiger partial charge in [0, 0.05) is 24.4 Å². The summed E-state index contributed by atoms with van der Waals surface area (Å²) < 4.78 is 31.3. The molecule has 24 heavy (non-hydrogen) atoms. The van der Waals surface area contributed by atoms with Crippen LogP contribution in [0.5, 0.6) is 5.75 Å². The highest BCUT2D eigenvalue weighted by Gasteiger charge is 2.16. The topological polar surface area (TPSA) is 67.4 Å². The molecule has 2 aromatic carbocycles. The number of rotatable bonds is 5. The van der Waals surface area contributed by atoms with Crippen LogP contribution < -0.4 is 15.4 Å². The third-order valence-electron chi connectivity index (χ3n) is 3.02. The van der Waals surface area contributed by atoms with Crippen molar-refractivity contribution in [2.24, 2.45) is 0 Å². The second-order valence-electron chi connectivity index (χ2n) is 5.09. The van der Waals surface area contributed by atoms with Crippen molar-refractivity contribution in [1.82, 2.24) is 0 Å². The molecule has 5 nitrogen and oxygen atoms in total. The fourth-order valence-corrected chi connectivity index (χ4v) is 1.93. The van der Waals surface area contributed by atoms with Crippen molar-refractivity contribution in [3.63, 3.8) is 0 Å². The number of nitrogens with one attached hydrogen (secondary N) is 2. The van der Waals surface area contributed by atoms with Gasteiger partial charge in [0.1, 0.15) is 5.75 Å². The summed E-state index contributed by atoms with van der Waals surface area (Å²) in [5.41, 5.74) is 1.00. The lowest BCUT2D eigenvalue weighted by Gasteiger charge is -2.15. The molecular weight excluding hydrogens is 318 g/mol. The van der Waals surface area contributed by atoms with E-state index >= 15 is 0 Å². The average molecular weight is 334 g/mol. The molecule has 1 unspecified atom stereocenters. The molecule has 126 valence electrons. The van der Waals surface area contributed by atoms with E-state index in [1.54, 1.807) is 24.3 Å². The minimum atomic E-state index is -1.05. The third kappa shape index (κ3) is 4.77. The van der Waals surface area contributed by atoms with Crippen molar-refractivity contribution in [1.29, 1.82) is 0 Å². The van der Waals surface area contributed by atoms with Crippen LogP contribution in [0.2, 0.25) is 0 Å². The normalized spacial score (nSPS) is 11.5. The molecule has 0 saturated heterocycles. The minimum absolute atomic E-state index is 0.0450. The van der Waals surface area contributed by atoms with Crippen molar-refractivity contribution in [3.8, 4) is 5.75 Å². The molecular formula is C17H16F2N2O3. The molecule has 0 aliphatic heterocycles. The van der Waals surface area contributed by atoms with Crippen molar-refractivity contribution >= 4 is 23.2 Å². The van der Waals surface area contributed by atoms with Gasteiger partial charge in [-0.15, -0.1) is 0 Å². The maximum atomic E-state index is 13.1. The van der Waals surface area contributed by atoms with Crippen molar-refractivity contribution in [2.45, 2.75) is 20.0 Å². The number of benzene rings is 2. The van der Waals surface area contributed by atoms with E-state index in [1.807, 2.05) is 0 Å². The molecule has 0 aliphatic rings. The van der Waals surface area contributed by atoms with Crippen LogP contribution in [0.15, 0.2) is 42.5 Å². The highest BCUT2D eigenvalue weighted by Crippen LogP contribution is 2.18. The molecule has 2 rings (SSSR count). The van der Waals surface area contributed by atoms with Crippen LogP contribution in [0.25, 0.3) is 0 Å². The molecule has 0 fully saturated rings. The van der Waals surface area contributed by atoms with Gasteiger partial charge >= 0.3 is 0 Å². The Labute approximate surface area is 137 Å². The molecule has 1 atom stereocenters. The Morgan fingerprint density at radius 2 is 1.67 bits per heavy atom. The van der Waals surface area contributed by atoms with Gasteiger partial charge in [0.25, 0.3) is 5.91 Å². The highest BCUT2D eigenvalue weighted by atomic mass is 19.2. The highest BCUT2D eigenvalue weighted by molar-refractivity contribution is 5.95. The van der Waals surface area contributed by atoms with E-state index in [0.717, 1.165) is 12.1 Å². The monoisotopic (exact) mass is 334 g/mol. The number of anilines is 2. The van der Waals surface area contributed by atoms with Gasteiger partial charge in [0.2, 0.25) is 5.91 Å². The first-order chi connectivity index (χ1) is 11.3. The number of amides is 2. The lowest BCUT2D eigenvalue weighted by Crippen LogP contribution is -2.30. The van der Waals surface area contributed by atoms with E-state index in [2.05, 4.69) is 10.6 Å². The summed E-state index contributed by atoms with van der Waals surface area (Å²) in [6, 6.07) is 9.61. The van der Waals surface area contributed by atoms with Gasteiger partial charge in [-0.1, -0.05) is 6.07 Å². The van der Waals surface area contributed by atoms with Crippen LogP contribution in [-0.2, 0) is 9.59 Å². The number of halogens is 2. The van der Waals surface area contributed by atoms with Crippen LogP contribution in [-0.4, -0.2) is 17.9 Å². The Bertz CT molecular complexity index is 765. The zero-order valence-corrected chi connectivity index (χ0v) is 13.1. The first-order valence-electron chi connectivity index (χ1n) is 7.15. The Balaban J connectivity index is 2.00. The molecule has 0 spiro atoms. The van der Waals surface area contributed by atoms with Crippen LogP contribution >= 0.6 is 0 Å². The molecule has 0 radical (unpaired) electrons.